The Bertz CT molecular complexity index is 496. The van der Waals surface area contributed by atoms with Crippen molar-refractivity contribution in [3.63, 3.8) is 0 Å². The molecule has 0 saturated heterocycles. The normalized spacial score (nSPS) is 10.3. The topological polar surface area (TPSA) is 42.0 Å². The summed E-state index contributed by atoms with van der Waals surface area (Å²) >= 11 is 1.70. The largest absolute Gasteiger partial charge is 0.325 e. The molecular weight excluding hydrogens is 251 g/mol. The van der Waals surface area contributed by atoms with Crippen LogP contribution in [0, 0.1) is 5.95 Å². The SMILES string of the molecule is O=C(CCCc1cccs1)Nc1ccc(F)nc1. The fourth-order valence-electron chi connectivity index (χ4n) is 1.55. The second kappa shape index (κ2) is 6.26. The number of hydrogen-bond donors (Lipinski definition) is 1. The van der Waals surface area contributed by atoms with E-state index in [1.54, 1.807) is 11.3 Å². The van der Waals surface area contributed by atoms with Crippen LogP contribution in [0.1, 0.15) is 17.7 Å². The molecule has 94 valence electrons. The number of pyridine rings is 1. The molecule has 18 heavy (non-hydrogen) atoms. The number of halogens is 1. The quantitative estimate of drug-likeness (QED) is 0.842. The predicted molar refractivity (Wildman–Crippen MR) is 70.1 cm³/mol. The molecule has 0 atom stereocenters. The van der Waals surface area contributed by atoms with Crippen molar-refractivity contribution >= 4 is 22.9 Å². The summed E-state index contributed by atoms with van der Waals surface area (Å²) < 4.78 is 12.6. The molecule has 1 amide bonds. The van der Waals surface area contributed by atoms with Gasteiger partial charge in [0.25, 0.3) is 0 Å². The number of anilines is 1. The number of hydrogen-bond acceptors (Lipinski definition) is 3. The Hall–Kier alpha value is -1.75. The van der Waals surface area contributed by atoms with E-state index in [0.717, 1.165) is 12.8 Å². The van der Waals surface area contributed by atoms with Gasteiger partial charge in [0.2, 0.25) is 11.9 Å². The van der Waals surface area contributed by atoms with Crippen LogP contribution in [0.3, 0.4) is 0 Å². The van der Waals surface area contributed by atoms with Crippen LogP contribution >= 0.6 is 11.3 Å². The highest BCUT2D eigenvalue weighted by atomic mass is 32.1. The van der Waals surface area contributed by atoms with Crippen molar-refractivity contribution < 1.29 is 9.18 Å². The van der Waals surface area contributed by atoms with Crippen molar-refractivity contribution in [3.05, 3.63) is 46.7 Å². The van der Waals surface area contributed by atoms with Crippen molar-refractivity contribution in [2.75, 3.05) is 5.32 Å². The maximum atomic E-state index is 12.6. The van der Waals surface area contributed by atoms with E-state index in [9.17, 15) is 9.18 Å². The Balaban J connectivity index is 1.73. The number of thiophene rings is 1. The molecule has 0 spiro atoms. The van der Waals surface area contributed by atoms with Gasteiger partial charge in [-0.2, -0.15) is 4.39 Å². The maximum Gasteiger partial charge on any atom is 0.224 e. The molecular formula is C13H13FN2OS. The summed E-state index contributed by atoms with van der Waals surface area (Å²) in [6.07, 6.45) is 3.48. The number of aryl methyl sites for hydroxylation is 1. The molecule has 5 heteroatoms. The van der Waals surface area contributed by atoms with Gasteiger partial charge < -0.3 is 5.32 Å². The molecule has 3 nitrogen and oxygen atoms in total. The van der Waals surface area contributed by atoms with Crippen LogP contribution in [0.25, 0.3) is 0 Å². The van der Waals surface area contributed by atoms with Crippen LogP contribution in [-0.4, -0.2) is 10.9 Å². The lowest BCUT2D eigenvalue weighted by Gasteiger charge is -2.04. The van der Waals surface area contributed by atoms with E-state index in [0.29, 0.717) is 12.1 Å². The van der Waals surface area contributed by atoms with Crippen LogP contribution in [0.15, 0.2) is 35.8 Å². The third-order valence-electron chi connectivity index (χ3n) is 2.42. The van der Waals surface area contributed by atoms with E-state index in [-0.39, 0.29) is 5.91 Å². The summed E-state index contributed by atoms with van der Waals surface area (Å²) in [4.78, 5) is 16.4. The van der Waals surface area contributed by atoms with E-state index >= 15 is 0 Å². The Morgan fingerprint density at radius 3 is 2.94 bits per heavy atom. The molecule has 2 heterocycles. The number of rotatable bonds is 5. The zero-order chi connectivity index (χ0) is 12.8. The summed E-state index contributed by atoms with van der Waals surface area (Å²) in [6, 6.07) is 6.79. The molecule has 0 bridgehead atoms. The number of aromatic nitrogens is 1. The van der Waals surface area contributed by atoms with Crippen LogP contribution in [0.2, 0.25) is 0 Å². The first-order valence-corrected chi connectivity index (χ1v) is 6.56. The molecule has 0 aliphatic carbocycles. The molecule has 0 aliphatic rings. The van der Waals surface area contributed by atoms with Gasteiger partial charge >= 0.3 is 0 Å². The van der Waals surface area contributed by atoms with E-state index in [1.165, 1.54) is 23.2 Å². The number of nitrogens with one attached hydrogen (secondary N) is 1. The highest BCUT2D eigenvalue weighted by Crippen LogP contribution is 2.12. The lowest BCUT2D eigenvalue weighted by Crippen LogP contribution is -2.11. The van der Waals surface area contributed by atoms with Crippen molar-refractivity contribution in [1.29, 1.82) is 0 Å². The average molecular weight is 264 g/mol. The first-order valence-electron chi connectivity index (χ1n) is 5.68. The minimum Gasteiger partial charge on any atom is -0.325 e. The lowest BCUT2D eigenvalue weighted by atomic mass is 10.2. The lowest BCUT2D eigenvalue weighted by molar-refractivity contribution is -0.116. The van der Waals surface area contributed by atoms with Crippen LogP contribution in [-0.2, 0) is 11.2 Å². The maximum absolute atomic E-state index is 12.6. The highest BCUT2D eigenvalue weighted by Gasteiger charge is 2.03. The zero-order valence-electron chi connectivity index (χ0n) is 9.73. The molecule has 0 aliphatic heterocycles. The summed E-state index contributed by atoms with van der Waals surface area (Å²) in [5.41, 5.74) is 0.525. The molecule has 1 N–H and O–H groups in total. The number of carbonyl (C=O) groups is 1. The monoisotopic (exact) mass is 264 g/mol. The highest BCUT2D eigenvalue weighted by molar-refractivity contribution is 7.09. The molecule has 0 aromatic carbocycles. The first-order chi connectivity index (χ1) is 8.74. The zero-order valence-corrected chi connectivity index (χ0v) is 10.5. The molecule has 2 aromatic heterocycles. The van der Waals surface area contributed by atoms with Crippen LogP contribution in [0.4, 0.5) is 10.1 Å². The van der Waals surface area contributed by atoms with Gasteiger partial charge in [0.05, 0.1) is 11.9 Å². The summed E-state index contributed by atoms with van der Waals surface area (Å²) in [5.74, 6) is -0.620. The van der Waals surface area contributed by atoms with Gasteiger partial charge in [-0.1, -0.05) is 6.07 Å². The van der Waals surface area contributed by atoms with E-state index in [1.807, 2.05) is 11.4 Å². The molecule has 2 rings (SSSR count). The fraction of sp³-hybridized carbons (Fsp3) is 0.231. The summed E-state index contributed by atoms with van der Waals surface area (Å²) in [7, 11) is 0. The smallest absolute Gasteiger partial charge is 0.224 e. The van der Waals surface area contributed by atoms with Gasteiger partial charge in [-0.05, 0) is 36.4 Å². The predicted octanol–water partition coefficient (Wildman–Crippen LogP) is 3.24. The van der Waals surface area contributed by atoms with Gasteiger partial charge in [-0.3, -0.25) is 4.79 Å². The van der Waals surface area contributed by atoms with Gasteiger partial charge in [-0.15, -0.1) is 11.3 Å². The minimum absolute atomic E-state index is 0.0695. The molecule has 0 saturated carbocycles. The molecule has 0 fully saturated rings. The third-order valence-corrected chi connectivity index (χ3v) is 3.35. The molecule has 2 aromatic rings. The second-order valence-corrected chi connectivity index (χ2v) is 4.88. The van der Waals surface area contributed by atoms with Gasteiger partial charge in [-0.25, -0.2) is 4.98 Å². The van der Waals surface area contributed by atoms with E-state index in [2.05, 4.69) is 16.4 Å². The number of carbonyl (C=O) groups excluding carboxylic acids is 1. The van der Waals surface area contributed by atoms with Crippen molar-refractivity contribution in [2.24, 2.45) is 0 Å². The number of amides is 1. The Labute approximate surface area is 109 Å². The van der Waals surface area contributed by atoms with Gasteiger partial charge in [0.15, 0.2) is 0 Å². The standard InChI is InChI=1S/C13H13FN2OS/c14-12-7-6-10(9-15-12)16-13(17)5-1-3-11-4-2-8-18-11/h2,4,6-9H,1,3,5H2,(H,16,17). The average Bonchev–Trinajstić information content (AvgIpc) is 2.85. The first kappa shape index (κ1) is 12.7. The Kier molecular flexibility index (Phi) is 4.41. The minimum atomic E-state index is -0.550. The molecule has 0 radical (unpaired) electrons. The van der Waals surface area contributed by atoms with Crippen molar-refractivity contribution in [1.82, 2.24) is 4.98 Å². The van der Waals surface area contributed by atoms with Crippen LogP contribution in [0.5, 0.6) is 0 Å². The van der Waals surface area contributed by atoms with Crippen LogP contribution < -0.4 is 5.32 Å². The summed E-state index contributed by atoms with van der Waals surface area (Å²) in [5, 5.41) is 4.71. The van der Waals surface area contributed by atoms with Crippen molar-refractivity contribution in [3.8, 4) is 0 Å². The van der Waals surface area contributed by atoms with Crippen molar-refractivity contribution in [2.45, 2.75) is 19.3 Å². The second-order valence-electron chi connectivity index (χ2n) is 3.85. The Morgan fingerprint density at radius 2 is 2.28 bits per heavy atom. The van der Waals surface area contributed by atoms with Gasteiger partial charge in [0.1, 0.15) is 0 Å². The molecule has 0 unspecified atom stereocenters. The fourth-order valence-corrected chi connectivity index (χ4v) is 2.30. The van der Waals surface area contributed by atoms with E-state index < -0.39 is 5.95 Å². The van der Waals surface area contributed by atoms with Gasteiger partial charge in [0, 0.05) is 11.3 Å². The van der Waals surface area contributed by atoms with E-state index in [4.69, 9.17) is 0 Å². The third kappa shape index (κ3) is 3.92. The Morgan fingerprint density at radius 1 is 1.39 bits per heavy atom. The summed E-state index contributed by atoms with van der Waals surface area (Å²) in [6.45, 7) is 0. The number of nitrogens with zero attached hydrogens (tertiary/aromatic N) is 1.